The lowest BCUT2D eigenvalue weighted by molar-refractivity contribution is -0.168. The van der Waals surface area contributed by atoms with E-state index in [-0.39, 0.29) is 13.2 Å². The molecule has 1 aliphatic carbocycles. The third-order valence-corrected chi connectivity index (χ3v) is 5.48. The smallest absolute Gasteiger partial charge is 0.204 e. The van der Waals surface area contributed by atoms with Gasteiger partial charge in [-0.25, -0.2) is 4.98 Å². The maximum atomic E-state index is 10.6. The molecular formula is C16H19Cl2N3O4. The molecule has 2 aliphatic rings. The normalized spacial score (nSPS) is 30.0. The van der Waals surface area contributed by atoms with E-state index in [0.29, 0.717) is 33.1 Å². The van der Waals surface area contributed by atoms with Crippen LogP contribution in [0.25, 0.3) is 11.0 Å². The van der Waals surface area contributed by atoms with Crippen LogP contribution >= 0.6 is 23.2 Å². The van der Waals surface area contributed by atoms with Crippen LogP contribution in [-0.2, 0) is 4.74 Å². The first-order chi connectivity index (χ1) is 12.0. The summed E-state index contributed by atoms with van der Waals surface area (Å²) in [7, 11) is 0. The summed E-state index contributed by atoms with van der Waals surface area (Å²) < 4.78 is 7.33. The Morgan fingerprint density at radius 3 is 2.60 bits per heavy atom. The Labute approximate surface area is 154 Å². The summed E-state index contributed by atoms with van der Waals surface area (Å²) in [5.74, 6) is 0.582. The monoisotopic (exact) mass is 387 g/mol. The molecule has 9 heteroatoms. The zero-order valence-corrected chi connectivity index (χ0v) is 14.8. The van der Waals surface area contributed by atoms with Crippen molar-refractivity contribution in [1.29, 1.82) is 0 Å². The molecule has 2 heterocycles. The van der Waals surface area contributed by atoms with Gasteiger partial charge >= 0.3 is 0 Å². The molecule has 1 aromatic heterocycles. The first kappa shape index (κ1) is 17.3. The van der Waals surface area contributed by atoms with E-state index in [4.69, 9.17) is 27.9 Å². The second kappa shape index (κ2) is 6.57. The summed E-state index contributed by atoms with van der Waals surface area (Å²) >= 11 is 12.3. The second-order valence-electron chi connectivity index (χ2n) is 6.58. The molecule has 1 saturated heterocycles. The number of hydrogen-bond acceptors (Lipinski definition) is 6. The van der Waals surface area contributed by atoms with Crippen LogP contribution in [0, 0.1) is 0 Å². The number of fused-ring (bicyclic) bond motifs is 1. The van der Waals surface area contributed by atoms with Crippen LogP contribution in [0.2, 0.25) is 10.0 Å². The van der Waals surface area contributed by atoms with Gasteiger partial charge in [0.05, 0.1) is 40.3 Å². The lowest BCUT2D eigenvalue weighted by Gasteiger charge is -2.38. The highest BCUT2D eigenvalue weighted by Crippen LogP contribution is 2.36. The van der Waals surface area contributed by atoms with Crippen molar-refractivity contribution in [2.75, 3.05) is 18.5 Å². The number of ether oxygens (including phenoxy) is 1. The van der Waals surface area contributed by atoms with Gasteiger partial charge in [-0.3, -0.25) is 0 Å². The molecule has 1 aromatic carbocycles. The maximum absolute atomic E-state index is 10.6. The predicted molar refractivity (Wildman–Crippen MR) is 94.3 cm³/mol. The zero-order chi connectivity index (χ0) is 17.7. The van der Waals surface area contributed by atoms with Crippen LogP contribution in [0.5, 0.6) is 0 Å². The van der Waals surface area contributed by atoms with Crippen molar-refractivity contribution in [3.05, 3.63) is 22.2 Å². The minimum atomic E-state index is -1.20. The van der Waals surface area contributed by atoms with Crippen molar-refractivity contribution >= 4 is 40.2 Å². The van der Waals surface area contributed by atoms with Crippen LogP contribution in [-0.4, -0.2) is 62.4 Å². The Morgan fingerprint density at radius 2 is 1.92 bits per heavy atom. The first-order valence-electron chi connectivity index (χ1n) is 8.21. The minimum Gasteiger partial charge on any atom is -0.394 e. The van der Waals surface area contributed by atoms with E-state index < -0.39 is 24.4 Å². The molecule has 0 radical (unpaired) electrons. The summed E-state index contributed by atoms with van der Waals surface area (Å²) in [6, 6.07) is 3.15. The standard InChI is InChI=1S/C16H19Cl2N3O4/c17-8-3-10-11(4-9(8)18)21(16(20-10)19-7-1-2-7)12-6-25-13(5-22)15(24)14(12)23/h3-4,7,12-15,22-24H,1-2,5-6H2,(H,19,20)/t12-,13-,14+,15-/m0/s1. The summed E-state index contributed by atoms with van der Waals surface area (Å²) in [5, 5.41) is 34.2. The molecular weight excluding hydrogens is 369 g/mol. The SMILES string of the molecule is OC[C@@H]1OC[C@H](n2c(NC3CC3)nc3cc(Cl)c(Cl)cc32)[C@@H](O)[C@H]1O. The summed E-state index contributed by atoms with van der Waals surface area (Å²) in [4.78, 5) is 4.58. The van der Waals surface area contributed by atoms with Gasteiger partial charge in [0.1, 0.15) is 18.3 Å². The highest BCUT2D eigenvalue weighted by atomic mass is 35.5. The Balaban J connectivity index is 1.79. The van der Waals surface area contributed by atoms with Crippen LogP contribution in [0.3, 0.4) is 0 Å². The van der Waals surface area contributed by atoms with Gasteiger partial charge in [-0.05, 0) is 25.0 Å². The van der Waals surface area contributed by atoms with Crippen molar-refractivity contribution in [1.82, 2.24) is 9.55 Å². The molecule has 2 fully saturated rings. The third-order valence-electron chi connectivity index (χ3n) is 4.76. The summed E-state index contributed by atoms with van der Waals surface area (Å²) in [6.07, 6.45) is -0.998. The number of anilines is 1. The number of hydrogen-bond donors (Lipinski definition) is 4. The van der Waals surface area contributed by atoms with Crippen molar-refractivity contribution in [2.24, 2.45) is 0 Å². The Bertz CT molecular complexity index is 795. The Hall–Kier alpha value is -1.09. The number of aliphatic hydroxyl groups excluding tert-OH is 3. The molecule has 4 rings (SSSR count). The molecule has 136 valence electrons. The van der Waals surface area contributed by atoms with E-state index in [1.165, 1.54) is 0 Å². The molecule has 0 unspecified atom stereocenters. The number of aliphatic hydroxyl groups is 3. The van der Waals surface area contributed by atoms with Gasteiger partial charge in [-0.1, -0.05) is 23.2 Å². The van der Waals surface area contributed by atoms with Gasteiger partial charge in [-0.2, -0.15) is 0 Å². The largest absolute Gasteiger partial charge is 0.394 e. The van der Waals surface area contributed by atoms with Gasteiger partial charge in [0, 0.05) is 6.04 Å². The lowest BCUT2D eigenvalue weighted by atomic mass is 9.98. The summed E-state index contributed by atoms with van der Waals surface area (Å²) in [6.45, 7) is -0.223. The van der Waals surface area contributed by atoms with Crippen molar-refractivity contribution < 1.29 is 20.1 Å². The number of aromatic nitrogens is 2. The van der Waals surface area contributed by atoms with E-state index in [9.17, 15) is 15.3 Å². The Morgan fingerprint density at radius 1 is 1.20 bits per heavy atom. The fourth-order valence-corrected chi connectivity index (χ4v) is 3.51. The number of rotatable bonds is 4. The molecule has 25 heavy (non-hydrogen) atoms. The van der Waals surface area contributed by atoms with E-state index >= 15 is 0 Å². The molecule has 0 amide bonds. The number of imidazole rings is 1. The topological polar surface area (TPSA) is 99.8 Å². The van der Waals surface area contributed by atoms with Crippen LogP contribution in [0.1, 0.15) is 18.9 Å². The highest BCUT2D eigenvalue weighted by molar-refractivity contribution is 6.42. The molecule has 4 atom stereocenters. The summed E-state index contributed by atoms with van der Waals surface area (Å²) in [5.41, 5.74) is 1.34. The average Bonchev–Trinajstić information content (AvgIpc) is 3.33. The molecule has 7 nitrogen and oxygen atoms in total. The van der Waals surface area contributed by atoms with E-state index in [2.05, 4.69) is 10.3 Å². The first-order valence-corrected chi connectivity index (χ1v) is 8.97. The fraction of sp³-hybridized carbons (Fsp3) is 0.562. The van der Waals surface area contributed by atoms with Crippen LogP contribution in [0.4, 0.5) is 5.95 Å². The number of nitrogens with one attached hydrogen (secondary N) is 1. The molecule has 1 saturated carbocycles. The number of halogens is 2. The molecule has 4 N–H and O–H groups in total. The second-order valence-corrected chi connectivity index (χ2v) is 7.40. The van der Waals surface area contributed by atoms with Crippen molar-refractivity contribution in [3.63, 3.8) is 0 Å². The van der Waals surface area contributed by atoms with Gasteiger partial charge in [0.2, 0.25) is 5.95 Å². The Kier molecular flexibility index (Phi) is 4.56. The van der Waals surface area contributed by atoms with Crippen molar-refractivity contribution in [3.8, 4) is 0 Å². The average molecular weight is 388 g/mol. The zero-order valence-electron chi connectivity index (χ0n) is 13.3. The molecule has 0 spiro atoms. The van der Waals surface area contributed by atoms with Gasteiger partial charge in [0.15, 0.2) is 0 Å². The molecule has 1 aliphatic heterocycles. The van der Waals surface area contributed by atoms with Crippen LogP contribution < -0.4 is 5.32 Å². The quantitative estimate of drug-likeness (QED) is 0.635. The number of nitrogens with zero attached hydrogens (tertiary/aromatic N) is 2. The number of benzene rings is 1. The third kappa shape index (κ3) is 3.09. The molecule has 2 aromatic rings. The lowest BCUT2D eigenvalue weighted by Crippen LogP contribution is -2.52. The van der Waals surface area contributed by atoms with Crippen molar-refractivity contribution in [2.45, 2.75) is 43.2 Å². The van der Waals surface area contributed by atoms with E-state index in [1.54, 1.807) is 16.7 Å². The van der Waals surface area contributed by atoms with E-state index in [1.807, 2.05) is 0 Å². The van der Waals surface area contributed by atoms with Gasteiger partial charge in [0.25, 0.3) is 0 Å². The fourth-order valence-electron chi connectivity index (χ4n) is 3.19. The van der Waals surface area contributed by atoms with E-state index in [0.717, 1.165) is 12.8 Å². The minimum absolute atomic E-state index is 0.133. The van der Waals surface area contributed by atoms with Crippen LogP contribution in [0.15, 0.2) is 12.1 Å². The van der Waals surface area contributed by atoms with Gasteiger partial charge < -0.3 is 29.9 Å². The molecule has 0 bridgehead atoms. The maximum Gasteiger partial charge on any atom is 0.204 e. The highest BCUT2D eigenvalue weighted by Gasteiger charge is 2.41. The van der Waals surface area contributed by atoms with Gasteiger partial charge in [-0.15, -0.1) is 0 Å². The predicted octanol–water partition coefficient (Wildman–Crippen LogP) is 1.57.